The summed E-state index contributed by atoms with van der Waals surface area (Å²) in [5, 5.41) is 6.74. The minimum Gasteiger partial charge on any atom is -0.345 e. The molecule has 7 heteroatoms. The Morgan fingerprint density at radius 2 is 2.11 bits per heavy atom. The van der Waals surface area contributed by atoms with Gasteiger partial charge in [-0.25, -0.2) is 9.67 Å². The third kappa shape index (κ3) is 2.32. The molecule has 2 rings (SSSR count). The highest BCUT2D eigenvalue weighted by Gasteiger charge is 2.42. The predicted octanol–water partition coefficient (Wildman–Crippen LogP) is 0.0960. The molecule has 0 saturated carbocycles. The number of rotatable bonds is 3. The number of aromatic nitrogens is 3. The lowest BCUT2D eigenvalue weighted by Gasteiger charge is -2.40. The van der Waals surface area contributed by atoms with Gasteiger partial charge in [-0.3, -0.25) is 9.59 Å². The molecule has 0 bridgehead atoms. The maximum absolute atomic E-state index is 12.0. The molecular weight excluding hydrogens is 246 g/mol. The van der Waals surface area contributed by atoms with E-state index in [9.17, 15) is 9.59 Å². The van der Waals surface area contributed by atoms with Crippen molar-refractivity contribution in [3.05, 3.63) is 12.2 Å². The molecule has 1 N–H and O–H groups in total. The minimum absolute atomic E-state index is 0.0398. The zero-order chi connectivity index (χ0) is 14.2. The summed E-state index contributed by atoms with van der Waals surface area (Å²) in [7, 11) is 0. The van der Waals surface area contributed by atoms with Gasteiger partial charge < -0.3 is 10.2 Å². The highest BCUT2D eigenvalue weighted by atomic mass is 16.2. The first kappa shape index (κ1) is 13.5. The van der Waals surface area contributed by atoms with Gasteiger partial charge in [0.15, 0.2) is 0 Å². The number of carbonyl (C=O) groups excluding carboxylic acids is 2. The van der Waals surface area contributed by atoms with Crippen LogP contribution in [0.5, 0.6) is 0 Å². The number of hydrogen-bond acceptors (Lipinski definition) is 4. The molecule has 0 radical (unpaired) electrons. The van der Waals surface area contributed by atoms with E-state index in [2.05, 4.69) is 15.4 Å². The van der Waals surface area contributed by atoms with E-state index >= 15 is 0 Å². The second kappa shape index (κ2) is 4.64. The summed E-state index contributed by atoms with van der Waals surface area (Å²) in [5.74, 6) is 0.428. The Hall–Kier alpha value is -1.92. The maximum Gasteiger partial charge on any atom is 0.245 e. The standard InChI is InChI=1S/C12H19N5O2/c1-8(2)17-9(14-7-15-17)6-16-10(18)5-13-11(19)12(16,3)4/h7-8H,5-6H2,1-4H3,(H,13,19). The van der Waals surface area contributed by atoms with Gasteiger partial charge in [0, 0.05) is 6.04 Å². The van der Waals surface area contributed by atoms with Crippen LogP contribution >= 0.6 is 0 Å². The first-order chi connectivity index (χ1) is 8.84. The molecule has 1 aliphatic heterocycles. The Bertz CT molecular complexity index is 506. The Morgan fingerprint density at radius 3 is 2.74 bits per heavy atom. The molecule has 1 saturated heterocycles. The zero-order valence-corrected chi connectivity index (χ0v) is 11.7. The molecule has 0 spiro atoms. The van der Waals surface area contributed by atoms with Crippen molar-refractivity contribution in [3.63, 3.8) is 0 Å². The fourth-order valence-corrected chi connectivity index (χ4v) is 2.15. The molecule has 1 aromatic rings. The number of nitrogens with one attached hydrogen (secondary N) is 1. The average molecular weight is 265 g/mol. The highest BCUT2D eigenvalue weighted by Crippen LogP contribution is 2.21. The normalized spacial score (nSPS) is 18.9. The van der Waals surface area contributed by atoms with Crippen molar-refractivity contribution in [1.29, 1.82) is 0 Å². The van der Waals surface area contributed by atoms with Crippen molar-refractivity contribution in [3.8, 4) is 0 Å². The first-order valence-electron chi connectivity index (χ1n) is 6.31. The summed E-state index contributed by atoms with van der Waals surface area (Å²) in [6.45, 7) is 7.78. The lowest BCUT2D eigenvalue weighted by molar-refractivity contribution is -0.152. The Labute approximate surface area is 112 Å². The summed E-state index contributed by atoms with van der Waals surface area (Å²) in [6.07, 6.45) is 1.47. The van der Waals surface area contributed by atoms with E-state index in [1.54, 1.807) is 23.4 Å². The second-order valence-electron chi connectivity index (χ2n) is 5.44. The Kier molecular flexibility index (Phi) is 3.30. The predicted molar refractivity (Wildman–Crippen MR) is 68.0 cm³/mol. The molecule has 1 aliphatic rings. The van der Waals surface area contributed by atoms with Crippen molar-refractivity contribution in [2.75, 3.05) is 6.54 Å². The summed E-state index contributed by atoms with van der Waals surface area (Å²) in [6, 6.07) is 0.161. The van der Waals surface area contributed by atoms with Crippen molar-refractivity contribution in [2.24, 2.45) is 0 Å². The quantitative estimate of drug-likeness (QED) is 0.840. The van der Waals surface area contributed by atoms with Crippen LogP contribution in [0.2, 0.25) is 0 Å². The molecule has 0 aromatic carbocycles. The second-order valence-corrected chi connectivity index (χ2v) is 5.44. The van der Waals surface area contributed by atoms with Crippen molar-refractivity contribution in [2.45, 2.75) is 45.8 Å². The molecule has 0 aliphatic carbocycles. The summed E-state index contributed by atoms with van der Waals surface area (Å²) < 4.78 is 1.76. The fraction of sp³-hybridized carbons (Fsp3) is 0.667. The molecular formula is C12H19N5O2. The van der Waals surface area contributed by atoms with E-state index < -0.39 is 5.54 Å². The molecule has 2 heterocycles. The van der Waals surface area contributed by atoms with Gasteiger partial charge in [-0.05, 0) is 27.7 Å². The van der Waals surface area contributed by atoms with Gasteiger partial charge in [0.25, 0.3) is 0 Å². The van der Waals surface area contributed by atoms with Crippen molar-refractivity contribution < 1.29 is 9.59 Å². The van der Waals surface area contributed by atoms with E-state index in [0.29, 0.717) is 5.82 Å². The van der Waals surface area contributed by atoms with Gasteiger partial charge in [-0.1, -0.05) is 0 Å². The van der Waals surface area contributed by atoms with Crippen LogP contribution in [0.1, 0.15) is 39.6 Å². The molecule has 0 atom stereocenters. The maximum atomic E-state index is 12.0. The topological polar surface area (TPSA) is 80.1 Å². The van der Waals surface area contributed by atoms with Crippen LogP contribution in [0.15, 0.2) is 6.33 Å². The van der Waals surface area contributed by atoms with E-state index in [1.807, 2.05) is 13.8 Å². The van der Waals surface area contributed by atoms with Gasteiger partial charge in [-0.15, -0.1) is 0 Å². The summed E-state index contributed by atoms with van der Waals surface area (Å²) in [4.78, 5) is 29.6. The fourth-order valence-electron chi connectivity index (χ4n) is 2.15. The van der Waals surface area contributed by atoms with Crippen LogP contribution in [-0.4, -0.2) is 43.6 Å². The number of hydrogen-bond donors (Lipinski definition) is 1. The van der Waals surface area contributed by atoms with Crippen LogP contribution in [0.4, 0.5) is 0 Å². The molecule has 0 unspecified atom stereocenters. The zero-order valence-electron chi connectivity index (χ0n) is 11.7. The molecule has 1 aromatic heterocycles. The third-order valence-electron chi connectivity index (χ3n) is 3.37. The van der Waals surface area contributed by atoms with E-state index in [4.69, 9.17) is 0 Å². The number of carbonyl (C=O) groups is 2. The Balaban J connectivity index is 2.27. The molecule has 2 amide bonds. The van der Waals surface area contributed by atoms with E-state index in [0.717, 1.165) is 0 Å². The van der Waals surface area contributed by atoms with Crippen LogP contribution in [0.3, 0.4) is 0 Å². The van der Waals surface area contributed by atoms with Crippen LogP contribution in [-0.2, 0) is 16.1 Å². The van der Waals surface area contributed by atoms with Gasteiger partial charge in [0.2, 0.25) is 11.8 Å². The van der Waals surface area contributed by atoms with Crippen molar-refractivity contribution in [1.82, 2.24) is 25.0 Å². The van der Waals surface area contributed by atoms with Crippen molar-refractivity contribution >= 4 is 11.8 Å². The number of piperazine rings is 1. The van der Waals surface area contributed by atoms with Gasteiger partial charge in [0.1, 0.15) is 17.7 Å². The SMILES string of the molecule is CC(C)n1ncnc1CN1C(=O)CNC(=O)C1(C)C. The van der Waals surface area contributed by atoms with Gasteiger partial charge in [-0.2, -0.15) is 5.10 Å². The molecule has 104 valence electrons. The van der Waals surface area contributed by atoms with Crippen LogP contribution < -0.4 is 5.32 Å². The first-order valence-corrected chi connectivity index (χ1v) is 6.31. The van der Waals surface area contributed by atoms with Crippen LogP contribution in [0.25, 0.3) is 0 Å². The summed E-state index contributed by atoms with van der Waals surface area (Å²) in [5.41, 5.74) is -0.872. The monoisotopic (exact) mass is 265 g/mol. The van der Waals surface area contributed by atoms with E-state index in [1.165, 1.54) is 6.33 Å². The van der Waals surface area contributed by atoms with Gasteiger partial charge in [0.05, 0.1) is 13.1 Å². The lowest BCUT2D eigenvalue weighted by Crippen LogP contribution is -2.64. The average Bonchev–Trinajstić information content (AvgIpc) is 2.78. The van der Waals surface area contributed by atoms with Crippen LogP contribution in [0, 0.1) is 0 Å². The molecule has 1 fully saturated rings. The lowest BCUT2D eigenvalue weighted by atomic mass is 9.98. The largest absolute Gasteiger partial charge is 0.345 e. The van der Waals surface area contributed by atoms with Gasteiger partial charge >= 0.3 is 0 Å². The minimum atomic E-state index is -0.872. The summed E-state index contributed by atoms with van der Waals surface area (Å²) >= 11 is 0. The van der Waals surface area contributed by atoms with E-state index in [-0.39, 0.29) is 30.9 Å². The Morgan fingerprint density at radius 1 is 1.42 bits per heavy atom. The number of amides is 2. The third-order valence-corrected chi connectivity index (χ3v) is 3.37. The molecule has 19 heavy (non-hydrogen) atoms. The number of nitrogens with zero attached hydrogens (tertiary/aromatic N) is 4. The smallest absolute Gasteiger partial charge is 0.245 e. The highest BCUT2D eigenvalue weighted by molar-refractivity contribution is 5.97. The molecule has 7 nitrogen and oxygen atoms in total.